The summed E-state index contributed by atoms with van der Waals surface area (Å²) in [5.41, 5.74) is 3.10. The summed E-state index contributed by atoms with van der Waals surface area (Å²) in [7, 11) is 3.35. The Morgan fingerprint density at radius 1 is 1.30 bits per heavy atom. The van der Waals surface area contributed by atoms with Crippen molar-refractivity contribution < 1.29 is 39.2 Å². The average Bonchev–Trinajstić information content (AvgIpc) is 2.82. The second-order valence-electron chi connectivity index (χ2n) is 9.86. The number of ketones is 2. The highest BCUT2D eigenvalue weighted by Gasteiger charge is 2.60. The highest BCUT2D eigenvalue weighted by Crippen LogP contribution is 2.53. The Morgan fingerprint density at radius 2 is 1.95 bits per heavy atom. The number of primary amides is 1. The number of carbonyl (C=O) groups is 3. The molecule has 1 fully saturated rings. The molecule has 202 valence electrons. The maximum absolute atomic E-state index is 13.6. The van der Waals surface area contributed by atoms with E-state index in [0.29, 0.717) is 16.8 Å². The van der Waals surface area contributed by atoms with E-state index in [2.05, 4.69) is 5.32 Å². The van der Waals surface area contributed by atoms with Gasteiger partial charge in [-0.15, -0.1) is 0 Å². The number of phenolic OH excluding ortho intramolecular Hbond substituents is 1. The number of benzene rings is 1. The number of rotatable bonds is 6. The summed E-state index contributed by atoms with van der Waals surface area (Å²) in [6.07, 6.45) is -0.107. The molecule has 0 bridgehead atoms. The van der Waals surface area contributed by atoms with Crippen LogP contribution in [0.2, 0.25) is 0 Å². The molecule has 37 heavy (non-hydrogen) atoms. The Morgan fingerprint density at radius 3 is 2.51 bits per heavy atom. The molecule has 1 unspecified atom stereocenters. The number of aliphatic hydroxyl groups is 3. The zero-order valence-electron chi connectivity index (χ0n) is 20.3. The Labute approximate surface area is 214 Å². The van der Waals surface area contributed by atoms with E-state index in [1.54, 1.807) is 32.0 Å². The number of nitrogens with one attached hydrogen (secondary N) is 1. The van der Waals surface area contributed by atoms with E-state index >= 15 is 0 Å². The number of nitrogens with two attached hydrogens (primary N) is 1. The summed E-state index contributed by atoms with van der Waals surface area (Å²) in [5.74, 6) is -6.66. The minimum Gasteiger partial charge on any atom is -0.508 e. The van der Waals surface area contributed by atoms with Gasteiger partial charge in [0.2, 0.25) is 5.78 Å². The molecule has 0 radical (unpaired) electrons. The van der Waals surface area contributed by atoms with Gasteiger partial charge in [0.05, 0.1) is 5.56 Å². The third-order valence-corrected chi connectivity index (χ3v) is 7.81. The van der Waals surface area contributed by atoms with Crippen molar-refractivity contribution in [2.75, 3.05) is 26.1 Å². The van der Waals surface area contributed by atoms with Crippen LogP contribution in [0.3, 0.4) is 0 Å². The van der Waals surface area contributed by atoms with Crippen LogP contribution in [-0.2, 0) is 27.3 Å². The van der Waals surface area contributed by atoms with E-state index in [4.69, 9.17) is 5.73 Å². The molecule has 4 rings (SSSR count). The second kappa shape index (κ2) is 9.79. The monoisotopic (exact) mass is 519 g/mol. The molecule has 3 aliphatic carbocycles. The van der Waals surface area contributed by atoms with Crippen LogP contribution in [0.1, 0.15) is 43.9 Å². The zero-order chi connectivity index (χ0) is 26.7. The van der Waals surface area contributed by atoms with Crippen LogP contribution in [0.15, 0.2) is 23.0 Å². The first-order valence-corrected chi connectivity index (χ1v) is 11.7. The largest absolute Gasteiger partial charge is 0.508 e. The number of halogens is 1. The lowest BCUT2D eigenvalue weighted by atomic mass is 9.59. The third-order valence-electron chi connectivity index (χ3n) is 7.81. The normalized spacial score (nSPS) is 25.8. The molecule has 0 saturated heterocycles. The molecule has 1 aromatic carbocycles. The Bertz CT molecular complexity index is 1240. The number of hydrogen-bond donors (Lipinski definition) is 6. The number of Topliss-reactive ketones (excluding diaryl/α,β-unsaturated/α-hetero) is 2. The van der Waals surface area contributed by atoms with Crippen molar-refractivity contribution in [3.63, 3.8) is 0 Å². The summed E-state index contributed by atoms with van der Waals surface area (Å²) in [4.78, 5) is 39.5. The maximum Gasteiger partial charge on any atom is 0.255 e. The van der Waals surface area contributed by atoms with Crippen LogP contribution < -0.4 is 11.1 Å². The molecular formula is C26H34FN3O7. The van der Waals surface area contributed by atoms with Crippen LogP contribution in [-0.4, -0.2) is 75.2 Å². The van der Waals surface area contributed by atoms with Crippen molar-refractivity contribution in [2.45, 2.75) is 51.8 Å². The van der Waals surface area contributed by atoms with Gasteiger partial charge >= 0.3 is 0 Å². The molecule has 0 heterocycles. The topological polar surface area (TPSA) is 173 Å². The van der Waals surface area contributed by atoms with Gasteiger partial charge in [-0.25, -0.2) is 4.39 Å². The Balaban J connectivity index is 0.00000380. The van der Waals surface area contributed by atoms with Gasteiger partial charge in [-0.2, -0.15) is 0 Å². The predicted octanol–water partition coefficient (Wildman–Crippen LogP) is 1.89. The number of carbonyl (C=O) groups excluding carboxylic acids is 3. The van der Waals surface area contributed by atoms with E-state index in [1.165, 1.54) is 0 Å². The fourth-order valence-corrected chi connectivity index (χ4v) is 5.63. The van der Waals surface area contributed by atoms with E-state index in [1.807, 2.05) is 0 Å². The van der Waals surface area contributed by atoms with E-state index in [9.17, 15) is 39.2 Å². The standard InChI is InChI=1S/C25H30FN3O7.CH4/c1-10(8-26)29(3)9-12-6-15(28-2)14-5-11-4-13-7-16(30)19(24(27)35)23(34)25(13,36)22(33)17(11)21(32)18(14)20(12)31;/h6,10-11,13,28,31-32,34,36H,4-5,7-9H2,1-3H3,(H2,27,35);1H4/t10?,11-,13+,25+;/m1./s1. The predicted molar refractivity (Wildman–Crippen MR) is 135 cm³/mol. The van der Waals surface area contributed by atoms with Gasteiger partial charge in [0.1, 0.15) is 29.5 Å². The van der Waals surface area contributed by atoms with Crippen molar-refractivity contribution in [1.82, 2.24) is 4.90 Å². The lowest BCUT2D eigenvalue weighted by Gasteiger charge is -2.46. The number of phenols is 1. The molecule has 1 saturated carbocycles. The maximum atomic E-state index is 13.6. The smallest absolute Gasteiger partial charge is 0.255 e. The average molecular weight is 520 g/mol. The van der Waals surface area contributed by atoms with Crippen LogP contribution in [0.5, 0.6) is 5.75 Å². The van der Waals surface area contributed by atoms with Crippen LogP contribution in [0.4, 0.5) is 10.1 Å². The minimum atomic E-state index is -2.61. The van der Waals surface area contributed by atoms with Gasteiger partial charge in [0, 0.05) is 48.8 Å². The van der Waals surface area contributed by atoms with Gasteiger partial charge in [-0.1, -0.05) is 7.43 Å². The fourth-order valence-electron chi connectivity index (χ4n) is 5.63. The first-order chi connectivity index (χ1) is 16.9. The number of alkyl halides is 1. The van der Waals surface area contributed by atoms with Gasteiger partial charge in [-0.05, 0) is 44.4 Å². The van der Waals surface area contributed by atoms with E-state index < -0.39 is 64.7 Å². The number of amides is 1. The number of anilines is 1. The highest BCUT2D eigenvalue weighted by molar-refractivity contribution is 6.22. The molecule has 0 spiro atoms. The zero-order valence-corrected chi connectivity index (χ0v) is 20.3. The Hall–Kier alpha value is -3.44. The number of hydrogen-bond acceptors (Lipinski definition) is 9. The summed E-state index contributed by atoms with van der Waals surface area (Å²) >= 11 is 0. The molecule has 1 aromatic rings. The second-order valence-corrected chi connectivity index (χ2v) is 9.86. The van der Waals surface area contributed by atoms with Crippen molar-refractivity contribution in [3.8, 4) is 5.75 Å². The number of aromatic hydroxyl groups is 1. The van der Waals surface area contributed by atoms with Gasteiger partial charge in [-0.3, -0.25) is 19.3 Å². The fraction of sp³-hybridized carbons (Fsp3) is 0.500. The van der Waals surface area contributed by atoms with Crippen molar-refractivity contribution in [1.29, 1.82) is 0 Å². The van der Waals surface area contributed by atoms with Crippen molar-refractivity contribution in [3.05, 3.63) is 39.7 Å². The van der Waals surface area contributed by atoms with Gasteiger partial charge < -0.3 is 31.5 Å². The first kappa shape index (κ1) is 28.1. The molecule has 1 amide bonds. The number of nitrogens with zero attached hydrogens (tertiary/aromatic N) is 1. The Kier molecular flexibility index (Phi) is 7.44. The molecular weight excluding hydrogens is 485 g/mol. The quantitative estimate of drug-likeness (QED) is 0.242. The lowest BCUT2D eigenvalue weighted by Crippen LogP contribution is -2.58. The highest BCUT2D eigenvalue weighted by atomic mass is 19.1. The summed E-state index contributed by atoms with van der Waals surface area (Å²) < 4.78 is 13.2. The lowest BCUT2D eigenvalue weighted by molar-refractivity contribution is -0.147. The molecule has 11 heteroatoms. The van der Waals surface area contributed by atoms with Crippen molar-refractivity contribution in [2.24, 2.45) is 17.6 Å². The summed E-state index contributed by atoms with van der Waals surface area (Å²) in [6.45, 7) is 1.24. The molecule has 7 N–H and O–H groups in total. The molecule has 10 nitrogen and oxygen atoms in total. The molecule has 4 atom stereocenters. The SMILES string of the molecule is C.CNc1cc(CN(C)C(C)CF)c(O)c2c1C[C@H]1C[C@H]3CC(=O)C(C(N)=O)=C(O)[C@@]3(O)C(=O)C1=C2O. The minimum absolute atomic E-state index is 0. The van der Waals surface area contributed by atoms with Crippen LogP contribution in [0, 0.1) is 11.8 Å². The molecule has 0 aliphatic heterocycles. The van der Waals surface area contributed by atoms with Gasteiger partial charge in [0.25, 0.3) is 5.91 Å². The molecule has 0 aromatic heterocycles. The molecule has 3 aliphatic rings. The van der Waals surface area contributed by atoms with E-state index in [-0.39, 0.29) is 50.1 Å². The van der Waals surface area contributed by atoms with Crippen molar-refractivity contribution >= 4 is 28.9 Å². The number of aliphatic hydroxyl groups excluding tert-OH is 2. The third kappa shape index (κ3) is 4.06. The summed E-state index contributed by atoms with van der Waals surface area (Å²) in [6, 6.07) is 1.27. The summed E-state index contributed by atoms with van der Waals surface area (Å²) in [5, 5.41) is 47.4. The van der Waals surface area contributed by atoms with Crippen LogP contribution >= 0.6 is 0 Å². The van der Waals surface area contributed by atoms with Gasteiger partial charge in [0.15, 0.2) is 11.4 Å². The number of fused-ring (bicyclic) bond motifs is 3. The van der Waals surface area contributed by atoms with Crippen LogP contribution in [0.25, 0.3) is 5.76 Å². The first-order valence-electron chi connectivity index (χ1n) is 11.7. The van der Waals surface area contributed by atoms with E-state index in [0.717, 1.165) is 0 Å².